The summed E-state index contributed by atoms with van der Waals surface area (Å²) in [5, 5.41) is 9.29. The van der Waals surface area contributed by atoms with Crippen LogP contribution in [-0.4, -0.2) is 11.3 Å². The van der Waals surface area contributed by atoms with Gasteiger partial charge >= 0.3 is 0 Å². The van der Waals surface area contributed by atoms with Crippen LogP contribution in [0, 0.1) is 0 Å². The van der Waals surface area contributed by atoms with Gasteiger partial charge in [-0.3, -0.25) is 0 Å². The quantitative estimate of drug-likeness (QED) is 0.613. The van der Waals surface area contributed by atoms with E-state index in [1.54, 1.807) is 18.2 Å². The Morgan fingerprint density at radius 2 is 2.00 bits per heavy atom. The first-order valence-electron chi connectivity index (χ1n) is 5.35. The number of hydrogen-bond donors (Lipinski definition) is 1. The maximum atomic E-state index is 8.73. The molecule has 15 heavy (non-hydrogen) atoms. The summed E-state index contributed by atoms with van der Waals surface area (Å²) >= 11 is 5.48. The Morgan fingerprint density at radius 3 is 2.40 bits per heavy atom. The lowest BCUT2D eigenvalue weighted by atomic mass is 10.2. The predicted molar refractivity (Wildman–Crippen MR) is 71.8 cm³/mol. The van der Waals surface area contributed by atoms with Crippen LogP contribution in [0.4, 0.5) is 0 Å². The molecule has 86 valence electrons. The Labute approximate surface area is 100 Å². The molecule has 0 saturated carbocycles. The number of unbranched alkanes of at least 4 members (excludes halogenated alkanes) is 3. The molecule has 0 aromatic heterocycles. The second-order valence-electron chi connectivity index (χ2n) is 3.33. The summed E-state index contributed by atoms with van der Waals surface area (Å²) in [6, 6.07) is 6.46. The number of aromatic hydroxyl groups is 1. The molecule has 1 atom stereocenters. The van der Waals surface area contributed by atoms with E-state index >= 15 is 0 Å². The van der Waals surface area contributed by atoms with Crippen molar-refractivity contribution in [3.63, 3.8) is 0 Å². The second-order valence-corrected chi connectivity index (χ2v) is 4.34. The van der Waals surface area contributed by atoms with Crippen molar-refractivity contribution >= 4 is 20.8 Å². The SMILES string of the molecule is CCCCCCP.Oc1cccc(Cl)c1. The molecule has 0 spiro atoms. The summed E-state index contributed by atoms with van der Waals surface area (Å²) in [6.07, 6.45) is 6.84. The van der Waals surface area contributed by atoms with E-state index < -0.39 is 0 Å². The van der Waals surface area contributed by atoms with Gasteiger partial charge in [0.05, 0.1) is 0 Å². The number of hydrogen-bond acceptors (Lipinski definition) is 1. The van der Waals surface area contributed by atoms with Gasteiger partial charge in [0.1, 0.15) is 5.75 Å². The maximum absolute atomic E-state index is 8.73. The fourth-order valence-electron chi connectivity index (χ4n) is 1.05. The molecule has 0 amide bonds. The van der Waals surface area contributed by atoms with Crippen LogP contribution in [-0.2, 0) is 0 Å². The van der Waals surface area contributed by atoms with Gasteiger partial charge < -0.3 is 5.11 Å². The van der Waals surface area contributed by atoms with Gasteiger partial charge in [0.2, 0.25) is 0 Å². The molecule has 1 aromatic carbocycles. The van der Waals surface area contributed by atoms with Gasteiger partial charge in [-0.2, -0.15) is 0 Å². The third-order valence-corrected chi connectivity index (χ3v) is 2.51. The number of phenols is 1. The summed E-state index contributed by atoms with van der Waals surface area (Å²) in [5.74, 6) is 0.206. The van der Waals surface area contributed by atoms with E-state index in [1.165, 1.54) is 37.9 Å². The minimum absolute atomic E-state index is 0.206. The van der Waals surface area contributed by atoms with Gasteiger partial charge in [-0.25, -0.2) is 0 Å². The monoisotopic (exact) mass is 246 g/mol. The lowest BCUT2D eigenvalue weighted by Crippen LogP contribution is -1.73. The topological polar surface area (TPSA) is 20.2 Å². The molecule has 0 heterocycles. The van der Waals surface area contributed by atoms with Gasteiger partial charge in [0.25, 0.3) is 0 Å². The molecular formula is C12H20ClOP. The number of benzene rings is 1. The Bertz CT molecular complexity index is 232. The highest BCUT2D eigenvalue weighted by Crippen LogP contribution is 2.14. The maximum Gasteiger partial charge on any atom is 0.117 e. The average molecular weight is 247 g/mol. The highest BCUT2D eigenvalue weighted by Gasteiger charge is 1.85. The summed E-state index contributed by atoms with van der Waals surface area (Å²) < 4.78 is 0. The standard InChI is InChI=1S/C6H5ClO.C6H15P/c7-5-2-1-3-6(8)4-5;1-2-3-4-5-6-7/h1-4,8H;2-7H2,1H3. The molecule has 1 N–H and O–H groups in total. The fourth-order valence-corrected chi connectivity index (χ4v) is 1.52. The van der Waals surface area contributed by atoms with Crippen molar-refractivity contribution in [1.82, 2.24) is 0 Å². The van der Waals surface area contributed by atoms with Crippen LogP contribution in [0.1, 0.15) is 32.6 Å². The Morgan fingerprint density at radius 1 is 1.27 bits per heavy atom. The van der Waals surface area contributed by atoms with Gasteiger partial charge in [0.15, 0.2) is 0 Å². The normalized spacial score (nSPS) is 9.27. The highest BCUT2D eigenvalue weighted by molar-refractivity contribution is 7.16. The number of rotatable bonds is 4. The van der Waals surface area contributed by atoms with Crippen molar-refractivity contribution < 1.29 is 5.11 Å². The zero-order chi connectivity index (χ0) is 11.5. The van der Waals surface area contributed by atoms with E-state index in [-0.39, 0.29) is 5.75 Å². The molecule has 1 rings (SSSR count). The molecule has 3 heteroatoms. The van der Waals surface area contributed by atoms with Crippen molar-refractivity contribution in [3.8, 4) is 5.75 Å². The molecule has 1 aromatic rings. The molecule has 1 nitrogen and oxygen atoms in total. The van der Waals surface area contributed by atoms with Gasteiger partial charge in [-0.05, 0) is 30.8 Å². The van der Waals surface area contributed by atoms with Gasteiger partial charge in [0, 0.05) is 5.02 Å². The summed E-state index contributed by atoms with van der Waals surface area (Å²) in [5.41, 5.74) is 0. The molecule has 0 aliphatic rings. The first kappa shape index (κ1) is 14.7. The van der Waals surface area contributed by atoms with E-state index in [9.17, 15) is 0 Å². The van der Waals surface area contributed by atoms with Crippen LogP contribution < -0.4 is 0 Å². The molecule has 0 fully saturated rings. The first-order chi connectivity index (χ1) is 7.20. The van der Waals surface area contributed by atoms with E-state index in [4.69, 9.17) is 16.7 Å². The van der Waals surface area contributed by atoms with Crippen LogP contribution in [0.25, 0.3) is 0 Å². The number of halogens is 1. The van der Waals surface area contributed by atoms with Crippen LogP contribution in [0.5, 0.6) is 5.75 Å². The second kappa shape index (κ2) is 10.3. The molecule has 1 unspecified atom stereocenters. The largest absolute Gasteiger partial charge is 0.508 e. The lowest BCUT2D eigenvalue weighted by Gasteiger charge is -1.90. The van der Waals surface area contributed by atoms with Crippen LogP contribution >= 0.6 is 20.8 Å². The molecule has 0 aliphatic heterocycles. The van der Waals surface area contributed by atoms with Crippen molar-refractivity contribution in [2.24, 2.45) is 0 Å². The zero-order valence-corrected chi connectivity index (χ0v) is 11.2. The van der Waals surface area contributed by atoms with Crippen LogP contribution in [0.2, 0.25) is 5.02 Å². The van der Waals surface area contributed by atoms with E-state index in [0.29, 0.717) is 5.02 Å². The van der Waals surface area contributed by atoms with Crippen molar-refractivity contribution in [1.29, 1.82) is 0 Å². The van der Waals surface area contributed by atoms with E-state index in [1.807, 2.05) is 0 Å². The van der Waals surface area contributed by atoms with Crippen molar-refractivity contribution in [3.05, 3.63) is 29.3 Å². The smallest absolute Gasteiger partial charge is 0.117 e. The number of phenolic OH excluding ortho intramolecular Hbond substituents is 1. The molecule has 0 bridgehead atoms. The molecule has 0 saturated heterocycles. The van der Waals surface area contributed by atoms with E-state index in [0.717, 1.165) is 0 Å². The summed E-state index contributed by atoms with van der Waals surface area (Å²) in [7, 11) is 2.75. The van der Waals surface area contributed by atoms with Crippen molar-refractivity contribution in [2.45, 2.75) is 32.6 Å². The zero-order valence-electron chi connectivity index (χ0n) is 9.25. The van der Waals surface area contributed by atoms with Gasteiger partial charge in [-0.1, -0.05) is 43.9 Å². The molecule has 0 radical (unpaired) electrons. The average Bonchev–Trinajstić information content (AvgIpc) is 2.19. The summed E-state index contributed by atoms with van der Waals surface area (Å²) in [6.45, 7) is 2.24. The summed E-state index contributed by atoms with van der Waals surface area (Å²) in [4.78, 5) is 0. The Balaban J connectivity index is 0.000000265. The van der Waals surface area contributed by atoms with Crippen LogP contribution in [0.3, 0.4) is 0 Å². The Hall–Kier alpha value is -0.260. The van der Waals surface area contributed by atoms with Crippen LogP contribution in [0.15, 0.2) is 24.3 Å². The lowest BCUT2D eigenvalue weighted by molar-refractivity contribution is 0.475. The third kappa shape index (κ3) is 10.0. The highest BCUT2D eigenvalue weighted by atomic mass is 35.5. The van der Waals surface area contributed by atoms with E-state index in [2.05, 4.69) is 16.2 Å². The molecule has 0 aliphatic carbocycles. The van der Waals surface area contributed by atoms with Gasteiger partial charge in [-0.15, -0.1) is 9.24 Å². The molecular weight excluding hydrogens is 227 g/mol. The first-order valence-corrected chi connectivity index (χ1v) is 6.54. The third-order valence-electron chi connectivity index (χ3n) is 1.87. The predicted octanol–water partition coefficient (Wildman–Crippen LogP) is 4.49. The fraction of sp³-hybridized carbons (Fsp3) is 0.500. The minimum Gasteiger partial charge on any atom is -0.508 e. The van der Waals surface area contributed by atoms with Crippen molar-refractivity contribution in [2.75, 3.05) is 6.16 Å². The Kier molecular flexibility index (Phi) is 10.1. The minimum atomic E-state index is 0.206.